The van der Waals surface area contributed by atoms with Crippen molar-refractivity contribution in [1.82, 2.24) is 30.5 Å². The maximum Gasteiger partial charge on any atom is 0.274 e. The molecule has 0 spiro atoms. The standard InChI is InChI=1S/C13H22N6O2/c1-9(13(21)18(2)3)15-12(20)11-8-19(17-16-11)10-4-6-14-7-5-10/h8-10,14H,4-7H2,1-3H3,(H,15,20). The molecule has 0 aromatic carbocycles. The van der Waals surface area contributed by atoms with E-state index in [-0.39, 0.29) is 23.6 Å². The number of amides is 2. The Hall–Kier alpha value is -1.96. The summed E-state index contributed by atoms with van der Waals surface area (Å²) in [6.45, 7) is 3.54. The van der Waals surface area contributed by atoms with Gasteiger partial charge < -0.3 is 15.5 Å². The Bertz CT molecular complexity index is 507. The molecule has 0 radical (unpaired) electrons. The second-order valence-corrected chi connectivity index (χ2v) is 5.49. The number of hydrogen-bond donors (Lipinski definition) is 2. The van der Waals surface area contributed by atoms with Crippen molar-refractivity contribution in [2.75, 3.05) is 27.2 Å². The highest BCUT2D eigenvalue weighted by atomic mass is 16.2. The van der Waals surface area contributed by atoms with Gasteiger partial charge >= 0.3 is 0 Å². The molecule has 116 valence electrons. The van der Waals surface area contributed by atoms with E-state index in [2.05, 4.69) is 20.9 Å². The van der Waals surface area contributed by atoms with Gasteiger partial charge in [0.15, 0.2) is 5.69 Å². The minimum Gasteiger partial charge on any atom is -0.347 e. The molecule has 1 atom stereocenters. The van der Waals surface area contributed by atoms with Gasteiger partial charge in [0.2, 0.25) is 5.91 Å². The predicted octanol–water partition coefficient (Wildman–Crippen LogP) is -0.591. The van der Waals surface area contributed by atoms with Crippen LogP contribution in [0.5, 0.6) is 0 Å². The fourth-order valence-electron chi connectivity index (χ4n) is 2.35. The Morgan fingerprint density at radius 3 is 2.71 bits per heavy atom. The molecule has 8 heteroatoms. The van der Waals surface area contributed by atoms with Crippen LogP contribution in [0.3, 0.4) is 0 Å². The minimum absolute atomic E-state index is 0.158. The van der Waals surface area contributed by atoms with E-state index >= 15 is 0 Å². The zero-order valence-electron chi connectivity index (χ0n) is 12.7. The number of aromatic nitrogens is 3. The molecule has 8 nitrogen and oxygen atoms in total. The van der Waals surface area contributed by atoms with E-state index in [1.165, 1.54) is 4.90 Å². The molecular formula is C13H22N6O2. The van der Waals surface area contributed by atoms with E-state index < -0.39 is 6.04 Å². The lowest BCUT2D eigenvalue weighted by Gasteiger charge is -2.22. The van der Waals surface area contributed by atoms with Crippen molar-refractivity contribution in [3.05, 3.63) is 11.9 Å². The Morgan fingerprint density at radius 2 is 2.10 bits per heavy atom. The van der Waals surface area contributed by atoms with Crippen molar-refractivity contribution in [3.63, 3.8) is 0 Å². The molecule has 2 amide bonds. The molecule has 1 aromatic heterocycles. The van der Waals surface area contributed by atoms with Crippen LogP contribution in [-0.2, 0) is 4.79 Å². The first-order valence-corrected chi connectivity index (χ1v) is 7.13. The second kappa shape index (κ2) is 6.66. The van der Waals surface area contributed by atoms with Crippen molar-refractivity contribution < 1.29 is 9.59 Å². The number of carbonyl (C=O) groups is 2. The second-order valence-electron chi connectivity index (χ2n) is 5.49. The van der Waals surface area contributed by atoms with Crippen LogP contribution in [0.1, 0.15) is 36.3 Å². The Balaban J connectivity index is 1.97. The highest BCUT2D eigenvalue weighted by Crippen LogP contribution is 2.16. The summed E-state index contributed by atoms with van der Waals surface area (Å²) in [5.74, 6) is -0.535. The van der Waals surface area contributed by atoms with E-state index in [4.69, 9.17) is 0 Å². The van der Waals surface area contributed by atoms with Crippen LogP contribution < -0.4 is 10.6 Å². The van der Waals surface area contributed by atoms with Crippen molar-refractivity contribution in [1.29, 1.82) is 0 Å². The molecule has 1 fully saturated rings. The maximum atomic E-state index is 12.1. The zero-order chi connectivity index (χ0) is 15.4. The average molecular weight is 294 g/mol. The number of nitrogens with one attached hydrogen (secondary N) is 2. The van der Waals surface area contributed by atoms with E-state index in [0.29, 0.717) is 0 Å². The first-order valence-electron chi connectivity index (χ1n) is 7.13. The summed E-state index contributed by atoms with van der Waals surface area (Å²) in [6, 6.07) is -0.308. The van der Waals surface area contributed by atoms with Gasteiger partial charge in [0.05, 0.1) is 12.2 Å². The summed E-state index contributed by atoms with van der Waals surface area (Å²) >= 11 is 0. The number of rotatable bonds is 4. The molecule has 1 unspecified atom stereocenters. The van der Waals surface area contributed by atoms with Crippen LogP contribution in [0.4, 0.5) is 0 Å². The third-order valence-electron chi connectivity index (χ3n) is 3.58. The topological polar surface area (TPSA) is 92.1 Å². The molecule has 1 aliphatic heterocycles. The van der Waals surface area contributed by atoms with Gasteiger partial charge in [-0.15, -0.1) is 5.10 Å². The Kier molecular flexibility index (Phi) is 4.89. The van der Waals surface area contributed by atoms with Gasteiger partial charge in [-0.2, -0.15) is 0 Å². The fourth-order valence-corrected chi connectivity index (χ4v) is 2.35. The number of hydrogen-bond acceptors (Lipinski definition) is 5. The van der Waals surface area contributed by atoms with Crippen LogP contribution in [0.25, 0.3) is 0 Å². The summed E-state index contributed by atoms with van der Waals surface area (Å²) in [6.07, 6.45) is 3.60. The smallest absolute Gasteiger partial charge is 0.274 e. The van der Waals surface area contributed by atoms with Crippen LogP contribution in [-0.4, -0.2) is 64.9 Å². The molecule has 0 bridgehead atoms. The van der Waals surface area contributed by atoms with E-state index in [1.54, 1.807) is 31.9 Å². The average Bonchev–Trinajstić information content (AvgIpc) is 2.97. The van der Waals surface area contributed by atoms with Gasteiger partial charge in [-0.3, -0.25) is 9.59 Å². The van der Waals surface area contributed by atoms with Crippen molar-refractivity contribution in [2.24, 2.45) is 0 Å². The number of likely N-dealkylation sites (N-methyl/N-ethyl adjacent to an activating group) is 1. The number of piperidine rings is 1. The molecule has 2 N–H and O–H groups in total. The summed E-state index contributed by atoms with van der Waals surface area (Å²) in [4.78, 5) is 25.2. The van der Waals surface area contributed by atoms with Crippen LogP contribution in [0.2, 0.25) is 0 Å². The zero-order valence-corrected chi connectivity index (χ0v) is 12.7. The van der Waals surface area contributed by atoms with E-state index in [9.17, 15) is 9.59 Å². The van der Waals surface area contributed by atoms with Gasteiger partial charge in [0.1, 0.15) is 6.04 Å². The summed E-state index contributed by atoms with van der Waals surface area (Å²) in [5, 5.41) is 13.9. The molecule has 2 heterocycles. The van der Waals surface area contributed by atoms with Gasteiger partial charge in [-0.05, 0) is 32.9 Å². The molecule has 2 rings (SSSR count). The third kappa shape index (κ3) is 3.78. The SMILES string of the molecule is CC(NC(=O)c1cn(C2CCNCC2)nn1)C(=O)N(C)C. The quantitative estimate of drug-likeness (QED) is 0.774. The Morgan fingerprint density at radius 1 is 1.43 bits per heavy atom. The number of nitrogens with zero attached hydrogens (tertiary/aromatic N) is 4. The maximum absolute atomic E-state index is 12.1. The normalized spacial score (nSPS) is 17.3. The highest BCUT2D eigenvalue weighted by Gasteiger charge is 2.22. The first kappa shape index (κ1) is 15.4. The molecule has 1 aromatic rings. The van der Waals surface area contributed by atoms with Gasteiger partial charge in [0.25, 0.3) is 5.91 Å². The lowest BCUT2D eigenvalue weighted by atomic mass is 10.1. The highest BCUT2D eigenvalue weighted by molar-refractivity contribution is 5.95. The number of carbonyl (C=O) groups excluding carboxylic acids is 2. The van der Waals surface area contributed by atoms with E-state index in [0.717, 1.165) is 25.9 Å². The van der Waals surface area contributed by atoms with Gasteiger partial charge in [-0.25, -0.2) is 4.68 Å². The van der Waals surface area contributed by atoms with Crippen molar-refractivity contribution in [3.8, 4) is 0 Å². The lowest BCUT2D eigenvalue weighted by Crippen LogP contribution is -2.44. The monoisotopic (exact) mass is 294 g/mol. The molecule has 0 saturated carbocycles. The van der Waals surface area contributed by atoms with Crippen molar-refractivity contribution in [2.45, 2.75) is 31.8 Å². The van der Waals surface area contributed by atoms with Crippen LogP contribution in [0, 0.1) is 0 Å². The largest absolute Gasteiger partial charge is 0.347 e. The molecule has 21 heavy (non-hydrogen) atoms. The first-order chi connectivity index (χ1) is 9.99. The lowest BCUT2D eigenvalue weighted by molar-refractivity contribution is -0.130. The van der Waals surface area contributed by atoms with Crippen LogP contribution >= 0.6 is 0 Å². The van der Waals surface area contributed by atoms with Crippen LogP contribution in [0.15, 0.2) is 6.20 Å². The Labute approximate surface area is 123 Å². The summed E-state index contributed by atoms with van der Waals surface area (Å²) in [7, 11) is 3.30. The fraction of sp³-hybridized carbons (Fsp3) is 0.692. The van der Waals surface area contributed by atoms with E-state index in [1.807, 2.05) is 0 Å². The van der Waals surface area contributed by atoms with Crippen molar-refractivity contribution >= 4 is 11.8 Å². The summed E-state index contributed by atoms with van der Waals surface area (Å²) < 4.78 is 1.74. The van der Waals surface area contributed by atoms with Gasteiger partial charge in [0, 0.05) is 14.1 Å². The summed E-state index contributed by atoms with van der Waals surface area (Å²) in [5.41, 5.74) is 0.243. The predicted molar refractivity (Wildman–Crippen MR) is 76.8 cm³/mol. The van der Waals surface area contributed by atoms with Gasteiger partial charge in [-0.1, -0.05) is 5.21 Å². The third-order valence-corrected chi connectivity index (χ3v) is 3.58. The molecule has 1 saturated heterocycles. The molecule has 0 aliphatic carbocycles. The molecule has 1 aliphatic rings. The minimum atomic E-state index is -0.587. The molecular weight excluding hydrogens is 272 g/mol.